The van der Waals surface area contributed by atoms with Crippen molar-refractivity contribution in [2.24, 2.45) is 5.73 Å². The van der Waals surface area contributed by atoms with Crippen molar-refractivity contribution in [3.8, 4) is 0 Å². The number of carbonyl (C=O) groups excluding carboxylic acids is 1. The molecule has 1 aliphatic heterocycles. The smallest absolute Gasteiger partial charge is 0.223 e. The quantitative estimate of drug-likeness (QED) is 0.926. The Morgan fingerprint density at radius 3 is 2.63 bits per heavy atom. The summed E-state index contributed by atoms with van der Waals surface area (Å²) in [5, 5.41) is 0. The van der Waals surface area contributed by atoms with Crippen molar-refractivity contribution in [1.82, 2.24) is 4.90 Å². The molecule has 1 unspecified atom stereocenters. The van der Waals surface area contributed by atoms with E-state index < -0.39 is 0 Å². The van der Waals surface area contributed by atoms with Crippen LogP contribution in [-0.2, 0) is 4.79 Å². The molecule has 1 amide bonds. The number of nitrogens with zero attached hydrogens (tertiary/aromatic N) is 1. The lowest BCUT2D eigenvalue weighted by atomic mass is 9.92. The van der Waals surface area contributed by atoms with E-state index in [-0.39, 0.29) is 18.3 Å². The molecule has 0 radical (unpaired) electrons. The first-order chi connectivity index (χ1) is 8.81. The van der Waals surface area contributed by atoms with Crippen molar-refractivity contribution in [3.63, 3.8) is 0 Å². The maximum atomic E-state index is 11.8. The van der Waals surface area contributed by atoms with E-state index in [1.807, 2.05) is 4.90 Å². The molecule has 2 N–H and O–H groups in total. The average Bonchev–Trinajstić information content (AvgIpc) is 2.66. The molecular weight excluding hydrogens is 260 g/mol. The fourth-order valence-electron chi connectivity index (χ4n) is 2.69. The van der Waals surface area contributed by atoms with Gasteiger partial charge in [-0.3, -0.25) is 4.79 Å². The van der Waals surface area contributed by atoms with Gasteiger partial charge in [0.2, 0.25) is 5.91 Å². The van der Waals surface area contributed by atoms with E-state index in [0.29, 0.717) is 18.9 Å². The number of carbonyl (C=O) groups is 1. The van der Waals surface area contributed by atoms with Gasteiger partial charge in [-0.1, -0.05) is 30.3 Å². The Morgan fingerprint density at radius 2 is 1.95 bits per heavy atom. The van der Waals surface area contributed by atoms with E-state index in [0.717, 1.165) is 25.9 Å². The zero-order valence-corrected chi connectivity index (χ0v) is 12.1. The molecule has 1 saturated heterocycles. The van der Waals surface area contributed by atoms with Crippen molar-refractivity contribution in [3.05, 3.63) is 35.9 Å². The van der Waals surface area contributed by atoms with E-state index in [1.54, 1.807) is 0 Å². The maximum absolute atomic E-state index is 11.8. The summed E-state index contributed by atoms with van der Waals surface area (Å²) in [5.74, 6) is 0.813. The van der Waals surface area contributed by atoms with Crippen LogP contribution in [0.4, 0.5) is 0 Å². The number of nitrogens with two attached hydrogens (primary N) is 1. The number of rotatable bonds is 3. The van der Waals surface area contributed by atoms with Crippen molar-refractivity contribution in [1.29, 1.82) is 0 Å². The van der Waals surface area contributed by atoms with E-state index in [2.05, 4.69) is 30.3 Å². The molecule has 4 heteroatoms. The molecule has 1 aromatic carbocycles. The van der Waals surface area contributed by atoms with Crippen LogP contribution < -0.4 is 5.73 Å². The largest absolute Gasteiger partial charge is 0.343 e. The summed E-state index contributed by atoms with van der Waals surface area (Å²) < 4.78 is 0. The Morgan fingerprint density at radius 1 is 1.21 bits per heavy atom. The van der Waals surface area contributed by atoms with Gasteiger partial charge >= 0.3 is 0 Å². The van der Waals surface area contributed by atoms with Crippen molar-refractivity contribution in [2.75, 3.05) is 19.6 Å². The zero-order chi connectivity index (χ0) is 12.8. The molecule has 0 aromatic heterocycles. The molecule has 0 spiro atoms. The highest BCUT2D eigenvalue weighted by atomic mass is 35.5. The van der Waals surface area contributed by atoms with Gasteiger partial charge in [0.15, 0.2) is 0 Å². The average molecular weight is 283 g/mol. The van der Waals surface area contributed by atoms with Crippen LogP contribution >= 0.6 is 12.4 Å². The summed E-state index contributed by atoms with van der Waals surface area (Å²) >= 11 is 0. The van der Waals surface area contributed by atoms with Crippen LogP contribution in [0.3, 0.4) is 0 Å². The lowest BCUT2D eigenvalue weighted by Gasteiger charge is -2.20. The first-order valence-electron chi connectivity index (χ1n) is 6.84. The fourth-order valence-corrected chi connectivity index (χ4v) is 2.69. The Bertz CT molecular complexity index is 383. The van der Waals surface area contributed by atoms with Crippen LogP contribution in [0.5, 0.6) is 0 Å². The summed E-state index contributed by atoms with van der Waals surface area (Å²) in [7, 11) is 0. The predicted molar refractivity (Wildman–Crippen MR) is 80.5 cm³/mol. The van der Waals surface area contributed by atoms with Gasteiger partial charge in [0, 0.05) is 26.1 Å². The Balaban J connectivity index is 0.00000180. The Kier molecular flexibility index (Phi) is 6.89. The number of hydrogen-bond acceptors (Lipinski definition) is 2. The van der Waals surface area contributed by atoms with Crippen molar-refractivity contribution >= 4 is 18.3 Å². The second kappa shape index (κ2) is 8.18. The van der Waals surface area contributed by atoms with Crippen molar-refractivity contribution < 1.29 is 4.79 Å². The fraction of sp³-hybridized carbons (Fsp3) is 0.533. The molecular formula is C15H23ClN2O. The van der Waals surface area contributed by atoms with Gasteiger partial charge in [-0.25, -0.2) is 0 Å². The Hall–Kier alpha value is -1.06. The third kappa shape index (κ3) is 4.51. The number of halogens is 1. The monoisotopic (exact) mass is 282 g/mol. The highest BCUT2D eigenvalue weighted by Crippen LogP contribution is 2.27. The van der Waals surface area contributed by atoms with Crippen LogP contribution in [-0.4, -0.2) is 30.4 Å². The maximum Gasteiger partial charge on any atom is 0.223 e. The van der Waals surface area contributed by atoms with Gasteiger partial charge in [0.1, 0.15) is 0 Å². The molecule has 1 fully saturated rings. The highest BCUT2D eigenvalue weighted by Gasteiger charge is 2.20. The standard InChI is InChI=1S/C15H22N2O.ClH/c16-10-8-15(18)17-11-4-7-14(9-12-17)13-5-2-1-3-6-13;/h1-3,5-6,14H,4,7-12,16H2;1H. The molecule has 1 heterocycles. The lowest BCUT2D eigenvalue weighted by molar-refractivity contribution is -0.130. The summed E-state index contributed by atoms with van der Waals surface area (Å²) in [6, 6.07) is 10.6. The van der Waals surface area contributed by atoms with Crippen LogP contribution in [0.2, 0.25) is 0 Å². The summed E-state index contributed by atoms with van der Waals surface area (Å²) in [4.78, 5) is 13.8. The molecule has 2 rings (SSSR count). The third-order valence-electron chi connectivity index (χ3n) is 3.71. The zero-order valence-electron chi connectivity index (χ0n) is 11.3. The van der Waals surface area contributed by atoms with Gasteiger partial charge < -0.3 is 10.6 Å². The minimum Gasteiger partial charge on any atom is -0.343 e. The van der Waals surface area contributed by atoms with Gasteiger partial charge in [0.25, 0.3) is 0 Å². The summed E-state index contributed by atoms with van der Waals surface area (Å²) in [5.41, 5.74) is 6.85. The third-order valence-corrected chi connectivity index (χ3v) is 3.71. The number of amides is 1. The van der Waals surface area contributed by atoms with E-state index in [9.17, 15) is 4.79 Å². The predicted octanol–water partition coefficient (Wildman–Crippen LogP) is 2.55. The van der Waals surface area contributed by atoms with Gasteiger partial charge in [-0.2, -0.15) is 0 Å². The van der Waals surface area contributed by atoms with Crippen LogP contribution in [0, 0.1) is 0 Å². The van der Waals surface area contributed by atoms with E-state index in [4.69, 9.17) is 5.73 Å². The SMILES string of the molecule is Cl.NCCC(=O)N1CCCC(c2ccccc2)CC1. The van der Waals surface area contributed by atoms with Crippen LogP contribution in [0.15, 0.2) is 30.3 Å². The van der Waals surface area contributed by atoms with Crippen LogP contribution in [0.1, 0.15) is 37.2 Å². The summed E-state index contributed by atoms with van der Waals surface area (Å²) in [6.07, 6.45) is 3.82. The first kappa shape index (κ1) is 16.0. The second-order valence-corrected chi connectivity index (χ2v) is 4.96. The molecule has 1 aromatic rings. The lowest BCUT2D eigenvalue weighted by Crippen LogP contribution is -2.33. The van der Waals surface area contributed by atoms with Gasteiger partial charge in [0.05, 0.1) is 0 Å². The van der Waals surface area contributed by atoms with E-state index >= 15 is 0 Å². The number of likely N-dealkylation sites (tertiary alicyclic amines) is 1. The minimum atomic E-state index is 0. The Labute approximate surface area is 121 Å². The number of hydrogen-bond donors (Lipinski definition) is 1. The highest BCUT2D eigenvalue weighted by molar-refractivity contribution is 5.85. The van der Waals surface area contributed by atoms with Gasteiger partial charge in [-0.05, 0) is 30.7 Å². The molecule has 0 bridgehead atoms. The summed E-state index contributed by atoms with van der Waals surface area (Å²) in [6.45, 7) is 2.22. The molecule has 1 aliphatic rings. The molecule has 106 valence electrons. The van der Waals surface area contributed by atoms with Crippen molar-refractivity contribution in [2.45, 2.75) is 31.6 Å². The topological polar surface area (TPSA) is 46.3 Å². The van der Waals surface area contributed by atoms with E-state index in [1.165, 1.54) is 12.0 Å². The molecule has 19 heavy (non-hydrogen) atoms. The first-order valence-corrected chi connectivity index (χ1v) is 6.84. The van der Waals surface area contributed by atoms with Crippen LogP contribution in [0.25, 0.3) is 0 Å². The van der Waals surface area contributed by atoms with Gasteiger partial charge in [-0.15, -0.1) is 12.4 Å². The molecule has 0 saturated carbocycles. The normalized spacial score (nSPS) is 19.4. The minimum absolute atomic E-state index is 0. The number of benzene rings is 1. The molecule has 1 atom stereocenters. The molecule has 3 nitrogen and oxygen atoms in total. The second-order valence-electron chi connectivity index (χ2n) is 4.96. The molecule has 0 aliphatic carbocycles.